The maximum absolute atomic E-state index is 13.1. The molecule has 0 atom stereocenters. The number of carbonyl (C=O) groups is 1. The zero-order valence-electron chi connectivity index (χ0n) is 19.4. The first-order valence-corrected chi connectivity index (χ1v) is 12.5. The van der Waals surface area contributed by atoms with Crippen molar-refractivity contribution in [3.63, 3.8) is 0 Å². The number of rotatable bonds is 8. The summed E-state index contributed by atoms with van der Waals surface area (Å²) in [5.74, 6) is -0.288. The van der Waals surface area contributed by atoms with E-state index in [4.69, 9.17) is 0 Å². The predicted molar refractivity (Wildman–Crippen MR) is 137 cm³/mol. The topological polar surface area (TPSA) is 90.5 Å². The third kappa shape index (κ3) is 5.04. The lowest BCUT2D eigenvalue weighted by Gasteiger charge is -2.16. The number of anilines is 2. The molecule has 1 amide bonds. The largest absolute Gasteiger partial charge is 0.354 e. The fraction of sp³-hybridized carbons (Fsp3) is 0.192. The summed E-state index contributed by atoms with van der Waals surface area (Å²) in [6.45, 7) is 2.83. The highest BCUT2D eigenvalue weighted by molar-refractivity contribution is 7.89. The number of carbonyl (C=O) groups excluding carboxylic acids is 1. The summed E-state index contributed by atoms with van der Waals surface area (Å²) in [6.07, 6.45) is 0. The standard InChI is InChI=1S/C26H28N4O3S/c1-4-27-34(32,33)21-14-15-23-22(16-21)24(26(31)29-23)25(19-8-6-5-7-9-19)28-20-12-10-18(11-13-20)17-30(2)3/h5-16,27-28H,4,17H2,1-3H3,(H,29,31)/b25-24-. The molecule has 1 heterocycles. The second kappa shape index (κ2) is 9.80. The van der Waals surface area contributed by atoms with Gasteiger partial charge in [-0.2, -0.15) is 0 Å². The van der Waals surface area contributed by atoms with Gasteiger partial charge in [0.2, 0.25) is 10.0 Å². The molecule has 3 aromatic carbocycles. The molecule has 1 aliphatic heterocycles. The van der Waals surface area contributed by atoms with Crippen LogP contribution in [-0.2, 0) is 21.4 Å². The maximum atomic E-state index is 13.1. The van der Waals surface area contributed by atoms with E-state index in [-0.39, 0.29) is 17.3 Å². The fourth-order valence-electron chi connectivity index (χ4n) is 3.92. The van der Waals surface area contributed by atoms with Gasteiger partial charge in [-0.15, -0.1) is 0 Å². The number of nitrogens with zero attached hydrogens (tertiary/aromatic N) is 1. The van der Waals surface area contributed by atoms with E-state index in [2.05, 4.69) is 20.3 Å². The van der Waals surface area contributed by atoms with Crippen molar-refractivity contribution in [3.8, 4) is 0 Å². The van der Waals surface area contributed by atoms with Gasteiger partial charge in [0.25, 0.3) is 5.91 Å². The monoisotopic (exact) mass is 476 g/mol. The zero-order chi connectivity index (χ0) is 24.3. The Bertz CT molecular complexity index is 1330. The van der Waals surface area contributed by atoms with Crippen LogP contribution in [0.1, 0.15) is 23.6 Å². The van der Waals surface area contributed by atoms with E-state index in [1.165, 1.54) is 11.6 Å². The number of sulfonamides is 1. The molecule has 0 radical (unpaired) electrons. The molecular formula is C26H28N4O3S. The third-order valence-electron chi connectivity index (χ3n) is 5.41. The molecule has 0 aliphatic carbocycles. The lowest BCUT2D eigenvalue weighted by molar-refractivity contribution is -0.110. The number of amides is 1. The van der Waals surface area contributed by atoms with Crippen LogP contribution in [0.5, 0.6) is 0 Å². The van der Waals surface area contributed by atoms with Crippen LogP contribution < -0.4 is 15.4 Å². The molecule has 176 valence electrons. The van der Waals surface area contributed by atoms with Crippen molar-refractivity contribution in [1.82, 2.24) is 9.62 Å². The molecule has 0 fully saturated rings. The SMILES string of the molecule is CCNS(=O)(=O)c1ccc2c(c1)/C(=C(/Nc1ccc(CN(C)C)cc1)c1ccccc1)C(=O)N2. The first-order valence-electron chi connectivity index (χ1n) is 11.0. The van der Waals surface area contributed by atoms with E-state index >= 15 is 0 Å². The Hall–Kier alpha value is -3.46. The van der Waals surface area contributed by atoms with Crippen molar-refractivity contribution in [2.45, 2.75) is 18.4 Å². The van der Waals surface area contributed by atoms with Gasteiger partial charge >= 0.3 is 0 Å². The smallest absolute Gasteiger partial charge is 0.258 e. The summed E-state index contributed by atoms with van der Waals surface area (Å²) >= 11 is 0. The number of benzene rings is 3. The van der Waals surface area contributed by atoms with Crippen LogP contribution in [0.25, 0.3) is 11.3 Å². The van der Waals surface area contributed by atoms with Crippen molar-refractivity contribution in [2.75, 3.05) is 31.3 Å². The molecule has 3 aromatic rings. The summed E-state index contributed by atoms with van der Waals surface area (Å²) in [5, 5.41) is 6.28. The molecule has 0 bridgehead atoms. The van der Waals surface area contributed by atoms with Gasteiger partial charge in [0.15, 0.2) is 0 Å². The average Bonchev–Trinajstić information content (AvgIpc) is 3.13. The minimum absolute atomic E-state index is 0.113. The van der Waals surface area contributed by atoms with Gasteiger partial charge < -0.3 is 15.5 Å². The Labute approximate surface area is 200 Å². The zero-order valence-corrected chi connectivity index (χ0v) is 20.2. The Morgan fingerprint density at radius 1 is 0.971 bits per heavy atom. The fourth-order valence-corrected chi connectivity index (χ4v) is 4.99. The summed E-state index contributed by atoms with van der Waals surface area (Å²) < 4.78 is 27.7. The molecule has 3 N–H and O–H groups in total. The van der Waals surface area contributed by atoms with Crippen LogP contribution in [0.3, 0.4) is 0 Å². The molecule has 0 aromatic heterocycles. The van der Waals surface area contributed by atoms with E-state index in [0.29, 0.717) is 22.5 Å². The van der Waals surface area contributed by atoms with Crippen LogP contribution in [0.15, 0.2) is 77.7 Å². The highest BCUT2D eigenvalue weighted by Gasteiger charge is 2.30. The van der Waals surface area contributed by atoms with Crippen LogP contribution in [-0.4, -0.2) is 39.9 Å². The van der Waals surface area contributed by atoms with E-state index in [9.17, 15) is 13.2 Å². The molecule has 0 unspecified atom stereocenters. The van der Waals surface area contributed by atoms with Gasteiger partial charge in [-0.25, -0.2) is 13.1 Å². The number of fused-ring (bicyclic) bond motifs is 1. The van der Waals surface area contributed by atoms with Crippen molar-refractivity contribution in [3.05, 3.63) is 89.5 Å². The minimum atomic E-state index is -3.67. The van der Waals surface area contributed by atoms with Crippen molar-refractivity contribution < 1.29 is 13.2 Å². The van der Waals surface area contributed by atoms with Crippen molar-refractivity contribution >= 4 is 38.6 Å². The third-order valence-corrected chi connectivity index (χ3v) is 6.96. The van der Waals surface area contributed by atoms with E-state index < -0.39 is 10.0 Å². The van der Waals surface area contributed by atoms with Gasteiger partial charge in [-0.1, -0.05) is 49.4 Å². The second-order valence-corrected chi connectivity index (χ2v) is 10.1. The van der Waals surface area contributed by atoms with Crippen LogP contribution in [0, 0.1) is 0 Å². The molecule has 0 saturated carbocycles. The summed E-state index contributed by atoms with van der Waals surface area (Å²) in [4.78, 5) is 15.3. The number of nitrogens with one attached hydrogen (secondary N) is 3. The lowest BCUT2D eigenvalue weighted by atomic mass is 10.00. The minimum Gasteiger partial charge on any atom is -0.354 e. The Morgan fingerprint density at radius 3 is 2.32 bits per heavy atom. The van der Waals surface area contributed by atoms with Crippen LogP contribution in [0.4, 0.5) is 11.4 Å². The van der Waals surface area contributed by atoms with E-state index in [1.807, 2.05) is 68.7 Å². The summed E-state index contributed by atoms with van der Waals surface area (Å²) in [7, 11) is 0.364. The first-order chi connectivity index (χ1) is 16.3. The Balaban J connectivity index is 1.83. The summed E-state index contributed by atoms with van der Waals surface area (Å²) in [5.41, 5.74) is 4.94. The second-order valence-electron chi connectivity index (χ2n) is 8.34. The molecule has 0 saturated heterocycles. The maximum Gasteiger partial charge on any atom is 0.258 e. The molecule has 4 rings (SSSR count). The predicted octanol–water partition coefficient (Wildman–Crippen LogP) is 3.98. The molecule has 7 nitrogen and oxygen atoms in total. The number of hydrogen-bond donors (Lipinski definition) is 3. The van der Waals surface area contributed by atoms with Crippen molar-refractivity contribution in [2.24, 2.45) is 0 Å². The molecular weight excluding hydrogens is 448 g/mol. The van der Waals surface area contributed by atoms with Crippen LogP contribution >= 0.6 is 0 Å². The average molecular weight is 477 g/mol. The molecule has 8 heteroatoms. The van der Waals surface area contributed by atoms with Gasteiger partial charge in [0, 0.05) is 30.0 Å². The van der Waals surface area contributed by atoms with Gasteiger partial charge in [-0.3, -0.25) is 4.79 Å². The van der Waals surface area contributed by atoms with Crippen molar-refractivity contribution in [1.29, 1.82) is 0 Å². The normalized spacial score (nSPS) is 14.6. The lowest BCUT2D eigenvalue weighted by Crippen LogP contribution is -2.23. The molecule has 0 spiro atoms. The van der Waals surface area contributed by atoms with E-state index in [0.717, 1.165) is 17.8 Å². The van der Waals surface area contributed by atoms with Gasteiger partial charge in [-0.05, 0) is 55.6 Å². The highest BCUT2D eigenvalue weighted by Crippen LogP contribution is 2.38. The Morgan fingerprint density at radius 2 is 1.68 bits per heavy atom. The highest BCUT2D eigenvalue weighted by atomic mass is 32.2. The van der Waals surface area contributed by atoms with Gasteiger partial charge in [0.1, 0.15) is 0 Å². The Kier molecular flexibility index (Phi) is 6.83. The summed E-state index contributed by atoms with van der Waals surface area (Å²) in [6, 6.07) is 22.2. The van der Waals surface area contributed by atoms with E-state index in [1.54, 1.807) is 19.1 Å². The van der Waals surface area contributed by atoms with Gasteiger partial charge in [0.05, 0.1) is 16.2 Å². The first kappa shape index (κ1) is 23.7. The number of hydrogen-bond acceptors (Lipinski definition) is 5. The quantitative estimate of drug-likeness (QED) is 0.428. The molecule has 1 aliphatic rings. The molecule has 34 heavy (non-hydrogen) atoms. The van der Waals surface area contributed by atoms with Crippen LogP contribution in [0.2, 0.25) is 0 Å².